The molecule has 0 aliphatic rings. The molecule has 0 unspecified atom stereocenters. The van der Waals surface area contributed by atoms with E-state index in [0.717, 1.165) is 16.9 Å². The zero-order valence-electron chi connectivity index (χ0n) is 10.1. The molecule has 0 radical (unpaired) electrons. The van der Waals surface area contributed by atoms with Crippen LogP contribution in [0.2, 0.25) is 5.02 Å². The minimum Gasteiger partial charge on any atom is -0.481 e. The van der Waals surface area contributed by atoms with Crippen molar-refractivity contribution in [1.29, 1.82) is 0 Å². The van der Waals surface area contributed by atoms with Gasteiger partial charge in [0.05, 0.1) is 29.8 Å². The Morgan fingerprint density at radius 2 is 2.17 bits per heavy atom. The van der Waals surface area contributed by atoms with Crippen LogP contribution < -0.4 is 0 Å². The number of rotatable bonds is 3. The summed E-state index contributed by atoms with van der Waals surface area (Å²) in [6, 6.07) is 5.54. The van der Waals surface area contributed by atoms with Gasteiger partial charge in [0.25, 0.3) is 0 Å². The van der Waals surface area contributed by atoms with E-state index in [1.807, 2.05) is 19.1 Å². The van der Waals surface area contributed by atoms with Crippen LogP contribution in [-0.4, -0.2) is 20.6 Å². The van der Waals surface area contributed by atoms with Gasteiger partial charge in [-0.25, -0.2) is 4.98 Å². The summed E-state index contributed by atoms with van der Waals surface area (Å²) in [7, 11) is 0. The second kappa shape index (κ2) is 4.82. The van der Waals surface area contributed by atoms with Gasteiger partial charge >= 0.3 is 5.97 Å². The highest BCUT2D eigenvalue weighted by Gasteiger charge is 2.14. The molecule has 0 fully saturated rings. The Hall–Kier alpha value is -1.81. The van der Waals surface area contributed by atoms with Gasteiger partial charge in [0, 0.05) is 5.02 Å². The first-order chi connectivity index (χ1) is 8.50. The smallest absolute Gasteiger partial charge is 0.309 e. The average molecular weight is 265 g/mol. The predicted molar refractivity (Wildman–Crippen MR) is 69.4 cm³/mol. The number of aliphatic carboxylic acids is 1. The molecular formula is C13H13ClN2O2. The number of hydrogen-bond donors (Lipinski definition) is 1. The number of aromatic nitrogens is 2. The zero-order valence-corrected chi connectivity index (χ0v) is 10.9. The van der Waals surface area contributed by atoms with Crippen molar-refractivity contribution in [3.05, 3.63) is 46.5 Å². The van der Waals surface area contributed by atoms with Crippen LogP contribution >= 0.6 is 11.6 Å². The van der Waals surface area contributed by atoms with Crippen LogP contribution in [0.3, 0.4) is 0 Å². The second-order valence-electron chi connectivity index (χ2n) is 4.10. The van der Waals surface area contributed by atoms with E-state index < -0.39 is 5.97 Å². The molecule has 18 heavy (non-hydrogen) atoms. The van der Waals surface area contributed by atoms with E-state index >= 15 is 0 Å². The van der Waals surface area contributed by atoms with Gasteiger partial charge in [0.2, 0.25) is 0 Å². The van der Waals surface area contributed by atoms with Gasteiger partial charge in [0.1, 0.15) is 0 Å². The number of halogens is 1. The Labute approximate surface area is 110 Å². The van der Waals surface area contributed by atoms with Crippen LogP contribution in [0.4, 0.5) is 0 Å². The Kier molecular flexibility index (Phi) is 3.39. The van der Waals surface area contributed by atoms with Gasteiger partial charge in [-0.15, -0.1) is 0 Å². The van der Waals surface area contributed by atoms with Crippen LogP contribution in [0.5, 0.6) is 0 Å². The Morgan fingerprint density at radius 1 is 1.44 bits per heavy atom. The molecular weight excluding hydrogens is 252 g/mol. The standard InChI is InChI=1S/C13H13ClN2O2/c1-8-10(14)4-3-5-11(8)16-7-15-9(2)12(16)6-13(17)18/h3-5,7H,6H2,1-2H3,(H,17,18). The number of carbonyl (C=O) groups is 1. The summed E-state index contributed by atoms with van der Waals surface area (Å²) in [5, 5.41) is 9.59. The first-order valence-corrected chi connectivity index (χ1v) is 5.88. The molecule has 1 N–H and O–H groups in total. The lowest BCUT2D eigenvalue weighted by Crippen LogP contribution is -2.08. The van der Waals surface area contributed by atoms with Crippen molar-refractivity contribution in [3.8, 4) is 5.69 Å². The van der Waals surface area contributed by atoms with Crippen molar-refractivity contribution in [2.75, 3.05) is 0 Å². The highest BCUT2D eigenvalue weighted by Crippen LogP contribution is 2.24. The molecule has 1 aromatic heterocycles. The summed E-state index contributed by atoms with van der Waals surface area (Å²) in [6.07, 6.45) is 1.57. The fraction of sp³-hybridized carbons (Fsp3) is 0.231. The fourth-order valence-corrected chi connectivity index (χ4v) is 2.05. The number of hydrogen-bond acceptors (Lipinski definition) is 2. The zero-order chi connectivity index (χ0) is 13.3. The first-order valence-electron chi connectivity index (χ1n) is 5.51. The van der Waals surface area contributed by atoms with Gasteiger partial charge in [0.15, 0.2) is 0 Å². The summed E-state index contributed by atoms with van der Waals surface area (Å²) in [5.74, 6) is -0.875. The van der Waals surface area contributed by atoms with Crippen LogP contribution in [0.25, 0.3) is 5.69 Å². The number of imidazole rings is 1. The number of nitrogens with zero attached hydrogens (tertiary/aromatic N) is 2. The minimum atomic E-state index is -0.875. The molecule has 94 valence electrons. The summed E-state index contributed by atoms with van der Waals surface area (Å²) in [5.41, 5.74) is 3.16. The van der Waals surface area contributed by atoms with Gasteiger partial charge in [-0.05, 0) is 31.5 Å². The summed E-state index contributed by atoms with van der Waals surface area (Å²) in [6.45, 7) is 3.70. The van der Waals surface area contributed by atoms with E-state index in [0.29, 0.717) is 10.7 Å². The minimum absolute atomic E-state index is 0.0578. The SMILES string of the molecule is Cc1ncn(-c2cccc(Cl)c2C)c1CC(=O)O. The first kappa shape index (κ1) is 12.6. The number of carboxylic acid groups (broad SMARTS) is 1. The summed E-state index contributed by atoms with van der Waals surface area (Å²) >= 11 is 6.08. The number of carboxylic acids is 1. The lowest BCUT2D eigenvalue weighted by atomic mass is 10.1. The van der Waals surface area contributed by atoms with Gasteiger partial charge in [-0.2, -0.15) is 0 Å². The lowest BCUT2D eigenvalue weighted by molar-refractivity contribution is -0.136. The Bertz CT molecular complexity index is 605. The number of benzene rings is 1. The second-order valence-corrected chi connectivity index (χ2v) is 4.51. The van der Waals surface area contributed by atoms with Crippen molar-refractivity contribution in [2.45, 2.75) is 20.3 Å². The molecule has 1 aromatic carbocycles. The van der Waals surface area contributed by atoms with E-state index in [9.17, 15) is 4.79 Å². The van der Waals surface area contributed by atoms with E-state index in [4.69, 9.17) is 16.7 Å². The van der Waals surface area contributed by atoms with Crippen LogP contribution in [-0.2, 0) is 11.2 Å². The highest BCUT2D eigenvalue weighted by molar-refractivity contribution is 6.31. The molecule has 0 aliphatic heterocycles. The van der Waals surface area contributed by atoms with Gasteiger partial charge in [-0.3, -0.25) is 4.79 Å². The molecule has 0 saturated heterocycles. The molecule has 0 aliphatic carbocycles. The Balaban J connectivity index is 2.57. The molecule has 2 aromatic rings. The molecule has 0 saturated carbocycles. The largest absolute Gasteiger partial charge is 0.481 e. The van der Waals surface area contributed by atoms with E-state index in [1.54, 1.807) is 23.9 Å². The predicted octanol–water partition coefficient (Wildman–Crippen LogP) is 2.77. The molecule has 1 heterocycles. The molecule has 0 bridgehead atoms. The van der Waals surface area contributed by atoms with Gasteiger partial charge in [-0.1, -0.05) is 17.7 Å². The summed E-state index contributed by atoms with van der Waals surface area (Å²) < 4.78 is 1.78. The molecule has 2 rings (SSSR count). The van der Waals surface area contributed by atoms with Crippen LogP contribution in [0, 0.1) is 13.8 Å². The quantitative estimate of drug-likeness (QED) is 0.927. The third kappa shape index (κ3) is 2.24. The van der Waals surface area contributed by atoms with Crippen molar-refractivity contribution < 1.29 is 9.90 Å². The Morgan fingerprint density at radius 3 is 2.83 bits per heavy atom. The van der Waals surface area contributed by atoms with E-state index in [1.165, 1.54) is 0 Å². The topological polar surface area (TPSA) is 55.1 Å². The maximum atomic E-state index is 10.9. The average Bonchev–Trinajstić information content (AvgIpc) is 2.64. The molecule has 0 amide bonds. The maximum absolute atomic E-state index is 10.9. The van der Waals surface area contributed by atoms with Crippen molar-refractivity contribution >= 4 is 17.6 Å². The maximum Gasteiger partial charge on any atom is 0.309 e. The molecule has 0 spiro atoms. The number of aryl methyl sites for hydroxylation is 1. The molecule has 4 nitrogen and oxygen atoms in total. The van der Waals surface area contributed by atoms with Crippen LogP contribution in [0.1, 0.15) is 17.0 Å². The third-order valence-electron chi connectivity index (χ3n) is 2.89. The monoisotopic (exact) mass is 264 g/mol. The van der Waals surface area contributed by atoms with Crippen molar-refractivity contribution in [1.82, 2.24) is 9.55 Å². The normalized spacial score (nSPS) is 10.6. The lowest BCUT2D eigenvalue weighted by Gasteiger charge is -2.11. The fourth-order valence-electron chi connectivity index (χ4n) is 1.88. The van der Waals surface area contributed by atoms with Crippen molar-refractivity contribution in [2.24, 2.45) is 0 Å². The van der Waals surface area contributed by atoms with E-state index in [2.05, 4.69) is 4.98 Å². The highest BCUT2D eigenvalue weighted by atomic mass is 35.5. The van der Waals surface area contributed by atoms with E-state index in [-0.39, 0.29) is 6.42 Å². The molecule has 5 heteroatoms. The summed E-state index contributed by atoms with van der Waals surface area (Å²) in [4.78, 5) is 15.1. The third-order valence-corrected chi connectivity index (χ3v) is 3.30. The van der Waals surface area contributed by atoms with Crippen LogP contribution in [0.15, 0.2) is 24.5 Å². The van der Waals surface area contributed by atoms with Crippen molar-refractivity contribution in [3.63, 3.8) is 0 Å². The van der Waals surface area contributed by atoms with Gasteiger partial charge < -0.3 is 9.67 Å². The molecule has 0 atom stereocenters.